The molecule has 18 nitrogen and oxygen atoms in total. The van der Waals surface area contributed by atoms with E-state index in [9.17, 15) is 24.0 Å². The SMILES string of the molecule is C#CCOCCOCCOCCOCCOCCOCCOCCOCCOCCOCCCCCC(=O)Nc1cccc2c1C(=O)N(C1CCC(=O)NC1=O)C2=O. The lowest BCUT2D eigenvalue weighted by Crippen LogP contribution is -2.54. The summed E-state index contributed by atoms with van der Waals surface area (Å²) in [7, 11) is 0. The first-order chi connectivity index (χ1) is 28.4. The number of hydrogen-bond donors (Lipinski definition) is 2. The third-order valence-electron chi connectivity index (χ3n) is 8.47. The fourth-order valence-corrected chi connectivity index (χ4v) is 5.61. The first kappa shape index (κ1) is 48.5. The Morgan fingerprint density at radius 3 is 1.57 bits per heavy atom. The lowest BCUT2D eigenvalue weighted by Gasteiger charge is -2.27. The smallest absolute Gasteiger partial charge is 0.264 e. The maximum absolute atomic E-state index is 13.2. The Morgan fingerprint density at radius 2 is 1.10 bits per heavy atom. The highest BCUT2D eigenvalue weighted by Gasteiger charge is 2.45. The van der Waals surface area contributed by atoms with E-state index in [4.69, 9.17) is 53.8 Å². The third-order valence-corrected chi connectivity index (χ3v) is 8.47. The molecular weight excluding hydrogens is 762 g/mol. The Hall–Kier alpha value is -3.87. The maximum atomic E-state index is 13.2. The van der Waals surface area contributed by atoms with Crippen molar-refractivity contribution in [2.45, 2.75) is 44.6 Å². The summed E-state index contributed by atoms with van der Waals surface area (Å²) in [5, 5.41) is 4.90. The average molecular weight is 822 g/mol. The van der Waals surface area contributed by atoms with Gasteiger partial charge < -0.3 is 52.7 Å². The van der Waals surface area contributed by atoms with Crippen molar-refractivity contribution in [3.8, 4) is 12.3 Å². The molecule has 18 heteroatoms. The number of imide groups is 2. The number of nitrogens with zero attached hydrogens (tertiary/aromatic N) is 1. The van der Waals surface area contributed by atoms with E-state index >= 15 is 0 Å². The zero-order chi connectivity index (χ0) is 41.5. The van der Waals surface area contributed by atoms with Crippen LogP contribution in [-0.2, 0) is 61.8 Å². The van der Waals surface area contributed by atoms with E-state index in [1.165, 1.54) is 6.07 Å². The molecule has 1 unspecified atom stereocenters. The second-order valence-corrected chi connectivity index (χ2v) is 12.8. The number of ether oxygens (including phenoxy) is 10. The molecule has 0 bridgehead atoms. The van der Waals surface area contributed by atoms with Crippen molar-refractivity contribution in [2.24, 2.45) is 0 Å². The number of hydrogen-bond acceptors (Lipinski definition) is 15. The molecule has 1 fully saturated rings. The Kier molecular flexibility index (Phi) is 26.0. The fraction of sp³-hybridized carbons (Fsp3) is 0.675. The van der Waals surface area contributed by atoms with Gasteiger partial charge in [0.25, 0.3) is 11.8 Å². The minimum atomic E-state index is -1.07. The van der Waals surface area contributed by atoms with Crippen LogP contribution in [0.1, 0.15) is 59.2 Å². The van der Waals surface area contributed by atoms with Gasteiger partial charge in [-0.25, -0.2) is 0 Å². The number of unbranched alkanes of at least 4 members (excludes halogenated alkanes) is 2. The minimum Gasteiger partial charge on any atom is -0.379 e. The zero-order valence-corrected chi connectivity index (χ0v) is 33.3. The number of rotatable bonds is 36. The first-order valence-corrected chi connectivity index (χ1v) is 19.8. The van der Waals surface area contributed by atoms with Gasteiger partial charge in [-0.1, -0.05) is 18.4 Å². The van der Waals surface area contributed by atoms with Crippen LogP contribution in [0.3, 0.4) is 0 Å². The first-order valence-electron chi connectivity index (χ1n) is 19.8. The summed E-state index contributed by atoms with van der Waals surface area (Å²) < 4.78 is 54.3. The van der Waals surface area contributed by atoms with Crippen LogP contribution in [0.15, 0.2) is 18.2 Å². The van der Waals surface area contributed by atoms with E-state index in [2.05, 4.69) is 16.6 Å². The highest BCUT2D eigenvalue weighted by Crippen LogP contribution is 2.32. The fourth-order valence-electron chi connectivity index (χ4n) is 5.61. The molecule has 2 aliphatic rings. The Morgan fingerprint density at radius 1 is 0.638 bits per heavy atom. The molecule has 2 heterocycles. The molecular formula is C40H59N3O15. The molecule has 1 atom stereocenters. The molecule has 0 radical (unpaired) electrons. The third kappa shape index (κ3) is 19.7. The normalized spacial score (nSPS) is 15.2. The summed E-state index contributed by atoms with van der Waals surface area (Å²) in [6.07, 6.45) is 7.53. The summed E-state index contributed by atoms with van der Waals surface area (Å²) in [6, 6.07) is 3.52. The van der Waals surface area contributed by atoms with Gasteiger partial charge in [-0.05, 0) is 31.4 Å². The molecule has 1 aromatic rings. The second kappa shape index (κ2) is 31.1. The number of amides is 5. The van der Waals surface area contributed by atoms with Gasteiger partial charge >= 0.3 is 0 Å². The Bertz CT molecular complexity index is 1420. The van der Waals surface area contributed by atoms with E-state index in [0.29, 0.717) is 139 Å². The Labute approximate surface area is 340 Å². The predicted octanol–water partition coefficient (Wildman–Crippen LogP) is 1.39. The van der Waals surface area contributed by atoms with Crippen molar-refractivity contribution in [1.29, 1.82) is 0 Å². The van der Waals surface area contributed by atoms with E-state index in [1.807, 2.05) is 0 Å². The highest BCUT2D eigenvalue weighted by atomic mass is 16.6. The van der Waals surface area contributed by atoms with Crippen molar-refractivity contribution >= 4 is 35.2 Å². The van der Waals surface area contributed by atoms with E-state index in [1.54, 1.807) is 12.1 Å². The quantitative estimate of drug-likeness (QED) is 0.0558. The van der Waals surface area contributed by atoms with Gasteiger partial charge in [0, 0.05) is 19.4 Å². The zero-order valence-electron chi connectivity index (χ0n) is 33.3. The van der Waals surface area contributed by atoms with Gasteiger partial charge in [-0.2, -0.15) is 0 Å². The van der Waals surface area contributed by atoms with Crippen LogP contribution in [0.2, 0.25) is 0 Å². The molecule has 0 saturated carbocycles. The van der Waals surface area contributed by atoms with Gasteiger partial charge in [0.2, 0.25) is 17.7 Å². The molecule has 0 aromatic heterocycles. The molecule has 1 aromatic carbocycles. The van der Waals surface area contributed by atoms with Crippen LogP contribution in [0.25, 0.3) is 0 Å². The second-order valence-electron chi connectivity index (χ2n) is 12.8. The van der Waals surface area contributed by atoms with E-state index in [-0.39, 0.29) is 42.0 Å². The molecule has 0 aliphatic carbocycles. The van der Waals surface area contributed by atoms with Gasteiger partial charge in [0.1, 0.15) is 12.6 Å². The van der Waals surface area contributed by atoms with Crippen LogP contribution >= 0.6 is 0 Å². The van der Waals surface area contributed by atoms with Gasteiger partial charge in [0.15, 0.2) is 0 Å². The monoisotopic (exact) mass is 821 g/mol. The molecule has 2 N–H and O–H groups in total. The van der Waals surface area contributed by atoms with Crippen molar-refractivity contribution in [1.82, 2.24) is 10.2 Å². The number of fused-ring (bicyclic) bond motifs is 1. The number of carbonyl (C=O) groups excluding carboxylic acids is 5. The van der Waals surface area contributed by atoms with Crippen LogP contribution in [-0.4, -0.2) is 173 Å². The summed E-state index contributed by atoms with van der Waals surface area (Å²) in [5.41, 5.74) is 0.378. The Balaban J connectivity index is 1.02. The number of terminal acetylenes is 1. The largest absolute Gasteiger partial charge is 0.379 e. The number of carbonyl (C=O) groups is 5. The van der Waals surface area contributed by atoms with Crippen molar-refractivity contribution in [3.05, 3.63) is 29.3 Å². The number of anilines is 1. The molecule has 2 aliphatic heterocycles. The highest BCUT2D eigenvalue weighted by molar-refractivity contribution is 6.26. The van der Waals surface area contributed by atoms with E-state index in [0.717, 1.165) is 17.7 Å². The van der Waals surface area contributed by atoms with Crippen LogP contribution < -0.4 is 10.6 Å². The summed E-state index contributed by atoms with van der Waals surface area (Å²) >= 11 is 0. The predicted molar refractivity (Wildman–Crippen MR) is 207 cm³/mol. The van der Waals surface area contributed by atoms with Crippen molar-refractivity contribution in [3.63, 3.8) is 0 Å². The lowest BCUT2D eigenvalue weighted by atomic mass is 10.0. The molecule has 0 spiro atoms. The number of benzene rings is 1. The standard InChI is InChI=1S/C40H59N3O15/c1-2-12-49-14-16-51-18-20-53-22-24-55-26-28-57-30-31-58-29-27-56-25-23-54-21-19-52-17-15-50-13-5-3-4-9-35(44)41-33-8-6-7-32-37(33)40(48)43(39(32)47)34-10-11-36(45)42-38(34)46/h1,6-8,34H,3-5,9-31H2,(H,41,44)(H,42,45,46). The molecule has 1 saturated heterocycles. The van der Waals surface area contributed by atoms with Gasteiger partial charge in [-0.15, -0.1) is 6.42 Å². The summed E-state index contributed by atoms with van der Waals surface area (Å²) in [6.45, 7) is 9.30. The molecule has 324 valence electrons. The topological polar surface area (TPSA) is 205 Å². The van der Waals surface area contributed by atoms with Gasteiger partial charge in [0.05, 0.1) is 136 Å². The van der Waals surface area contributed by atoms with Crippen molar-refractivity contribution in [2.75, 3.05) is 137 Å². The molecule has 5 amide bonds. The number of nitrogens with one attached hydrogen (secondary N) is 2. The summed E-state index contributed by atoms with van der Waals surface area (Å²) in [5.74, 6) is -0.330. The summed E-state index contributed by atoms with van der Waals surface area (Å²) in [4.78, 5) is 63.5. The molecule has 58 heavy (non-hydrogen) atoms. The lowest BCUT2D eigenvalue weighted by molar-refractivity contribution is -0.136. The number of piperidine rings is 1. The van der Waals surface area contributed by atoms with E-state index < -0.39 is 29.7 Å². The van der Waals surface area contributed by atoms with Gasteiger partial charge in [-0.3, -0.25) is 34.2 Å². The van der Waals surface area contributed by atoms with Crippen LogP contribution in [0.4, 0.5) is 5.69 Å². The average Bonchev–Trinajstić information content (AvgIpc) is 3.47. The van der Waals surface area contributed by atoms with Crippen molar-refractivity contribution < 1.29 is 71.3 Å². The van der Waals surface area contributed by atoms with Crippen LogP contribution in [0.5, 0.6) is 0 Å². The maximum Gasteiger partial charge on any atom is 0.264 e. The molecule has 3 rings (SSSR count). The minimum absolute atomic E-state index is 0.0273. The van der Waals surface area contributed by atoms with Crippen LogP contribution in [0, 0.1) is 12.3 Å².